The van der Waals surface area contributed by atoms with E-state index in [1.165, 1.54) is 0 Å². The highest BCUT2D eigenvalue weighted by atomic mass is 19.4. The van der Waals surface area contributed by atoms with E-state index in [0.29, 0.717) is 18.2 Å². The van der Waals surface area contributed by atoms with Crippen LogP contribution >= 0.6 is 0 Å². The molecule has 1 fully saturated rings. The molecule has 4 nitrogen and oxygen atoms in total. The maximum atomic E-state index is 14.7. The molecule has 0 bridgehead atoms. The van der Waals surface area contributed by atoms with E-state index in [1.807, 2.05) is 19.1 Å². The van der Waals surface area contributed by atoms with Gasteiger partial charge in [-0.1, -0.05) is 25.5 Å². The highest BCUT2D eigenvalue weighted by molar-refractivity contribution is 5.35. The molecule has 222 valence electrons. The lowest BCUT2D eigenvalue weighted by molar-refractivity contribution is -0.305. The van der Waals surface area contributed by atoms with Crippen LogP contribution in [0.4, 0.5) is 48.3 Å². The minimum atomic E-state index is -6.06. The van der Waals surface area contributed by atoms with Gasteiger partial charge in [0.05, 0.1) is 13.2 Å². The first-order valence-corrected chi connectivity index (χ1v) is 11.6. The topological polar surface area (TPSA) is 36.9 Å². The first-order valence-electron chi connectivity index (χ1n) is 11.6. The number of alkyl halides is 8. The molecule has 1 unspecified atom stereocenters. The summed E-state index contributed by atoms with van der Waals surface area (Å²) in [5.74, 6) is -8.51. The summed E-state index contributed by atoms with van der Waals surface area (Å²) in [5, 5.41) is 0. The van der Waals surface area contributed by atoms with E-state index in [9.17, 15) is 48.3 Å². The average molecular weight is 594 g/mol. The summed E-state index contributed by atoms with van der Waals surface area (Å²) in [6, 6.07) is 1.44. The molecular formula is C25H21F11O4. The minimum Gasteiger partial charge on any atom is -0.429 e. The third-order valence-electron chi connectivity index (χ3n) is 5.39. The van der Waals surface area contributed by atoms with Crippen molar-refractivity contribution in [3.05, 3.63) is 71.1 Å². The van der Waals surface area contributed by atoms with Gasteiger partial charge in [-0.2, -0.15) is 30.7 Å². The van der Waals surface area contributed by atoms with E-state index in [2.05, 4.69) is 9.47 Å². The summed E-state index contributed by atoms with van der Waals surface area (Å²) >= 11 is 0. The molecule has 0 radical (unpaired) electrons. The van der Waals surface area contributed by atoms with Crippen LogP contribution in [0, 0.1) is 23.4 Å². The van der Waals surface area contributed by atoms with Crippen LogP contribution in [0.2, 0.25) is 0 Å². The Kier molecular flexibility index (Phi) is 9.60. The molecule has 2 aromatic rings. The van der Waals surface area contributed by atoms with Gasteiger partial charge in [0, 0.05) is 17.5 Å². The van der Waals surface area contributed by atoms with Crippen LogP contribution < -0.4 is 9.47 Å². The van der Waals surface area contributed by atoms with Crippen molar-refractivity contribution in [3.63, 3.8) is 0 Å². The molecule has 1 heterocycles. The van der Waals surface area contributed by atoms with Gasteiger partial charge in [-0.25, -0.2) is 17.6 Å². The second-order valence-electron chi connectivity index (χ2n) is 8.61. The Hall–Kier alpha value is -3.07. The van der Waals surface area contributed by atoms with Crippen molar-refractivity contribution in [1.29, 1.82) is 0 Å². The largest absolute Gasteiger partial charge is 0.439 e. The fourth-order valence-electron chi connectivity index (χ4n) is 3.50. The number of halogens is 11. The van der Waals surface area contributed by atoms with E-state index in [1.54, 1.807) is 0 Å². The summed E-state index contributed by atoms with van der Waals surface area (Å²) in [5.41, 5.74) is -2.16. The summed E-state index contributed by atoms with van der Waals surface area (Å²) in [4.78, 5) is 0. The molecule has 0 spiro atoms. The molecule has 0 saturated carbocycles. The molecule has 0 amide bonds. The number of hydrogen-bond donors (Lipinski definition) is 0. The number of allylic oxidation sites excluding steroid dienone is 1. The van der Waals surface area contributed by atoms with Gasteiger partial charge < -0.3 is 18.9 Å². The predicted molar refractivity (Wildman–Crippen MR) is 116 cm³/mol. The monoisotopic (exact) mass is 594 g/mol. The standard InChI is InChI=1S/C25H21F11O4/c1-2-3-4-5-13-11-37-21(38-12-13)14-8-17(27)20(18(28)9-14)24(33,34)39-15-6-7-19(16(26)10-15)40-25(35,36)22(29)23(30,31)32/h4-10,13,21-22H,2-3,11-12H2,1H3. The SMILES string of the molecule is CCCC=CC1COC(c2cc(F)c(C(F)(F)Oc3ccc(OC(F)(F)C(F)C(F)(F)F)c(F)c3)c(F)c2)OC1. The zero-order valence-electron chi connectivity index (χ0n) is 20.4. The Morgan fingerprint density at radius 1 is 0.900 bits per heavy atom. The number of unbranched alkanes of at least 4 members (excludes halogenated alkanes) is 1. The Morgan fingerprint density at radius 3 is 2.02 bits per heavy atom. The maximum absolute atomic E-state index is 14.7. The van der Waals surface area contributed by atoms with Crippen LogP contribution in [0.15, 0.2) is 42.5 Å². The van der Waals surface area contributed by atoms with Gasteiger partial charge in [0.1, 0.15) is 22.9 Å². The first-order chi connectivity index (χ1) is 18.5. The highest BCUT2D eigenvalue weighted by Gasteiger charge is 2.59. The van der Waals surface area contributed by atoms with E-state index in [0.717, 1.165) is 12.8 Å². The number of hydrogen-bond acceptors (Lipinski definition) is 4. The zero-order chi connectivity index (χ0) is 29.9. The molecular weight excluding hydrogens is 573 g/mol. The number of benzene rings is 2. The summed E-state index contributed by atoms with van der Waals surface area (Å²) in [6.45, 7) is 2.25. The molecule has 1 saturated heterocycles. The lowest BCUT2D eigenvalue weighted by Gasteiger charge is -2.28. The van der Waals surface area contributed by atoms with Crippen molar-refractivity contribution in [1.82, 2.24) is 0 Å². The van der Waals surface area contributed by atoms with Crippen LogP contribution in [0.1, 0.15) is 37.2 Å². The van der Waals surface area contributed by atoms with Gasteiger partial charge in [-0.05, 0) is 30.7 Å². The lowest BCUT2D eigenvalue weighted by atomic mass is 10.1. The summed E-state index contributed by atoms with van der Waals surface area (Å²) in [7, 11) is 0. The van der Waals surface area contributed by atoms with Crippen molar-refractivity contribution in [2.24, 2.45) is 5.92 Å². The van der Waals surface area contributed by atoms with Gasteiger partial charge >= 0.3 is 18.4 Å². The molecule has 1 atom stereocenters. The van der Waals surface area contributed by atoms with Gasteiger partial charge in [0.25, 0.3) is 6.17 Å². The van der Waals surface area contributed by atoms with E-state index in [-0.39, 0.29) is 36.8 Å². The van der Waals surface area contributed by atoms with Crippen LogP contribution in [-0.2, 0) is 15.6 Å². The van der Waals surface area contributed by atoms with Crippen LogP contribution in [-0.4, -0.2) is 31.7 Å². The fraction of sp³-hybridized carbons (Fsp3) is 0.440. The second-order valence-corrected chi connectivity index (χ2v) is 8.61. The first kappa shape index (κ1) is 31.5. The smallest absolute Gasteiger partial charge is 0.429 e. The Bertz CT molecular complexity index is 1170. The highest BCUT2D eigenvalue weighted by Crippen LogP contribution is 2.40. The van der Waals surface area contributed by atoms with Crippen LogP contribution in [0.3, 0.4) is 0 Å². The van der Waals surface area contributed by atoms with E-state index >= 15 is 0 Å². The molecule has 1 aliphatic rings. The van der Waals surface area contributed by atoms with Crippen LogP contribution in [0.5, 0.6) is 11.5 Å². The summed E-state index contributed by atoms with van der Waals surface area (Å²) < 4.78 is 167. The minimum absolute atomic E-state index is 0.0423. The molecule has 2 aromatic carbocycles. The van der Waals surface area contributed by atoms with Crippen molar-refractivity contribution >= 4 is 0 Å². The van der Waals surface area contributed by atoms with Crippen molar-refractivity contribution in [2.45, 2.75) is 50.6 Å². The molecule has 40 heavy (non-hydrogen) atoms. The Morgan fingerprint density at radius 2 is 1.50 bits per heavy atom. The lowest BCUT2D eigenvalue weighted by Crippen LogP contribution is -2.45. The zero-order valence-corrected chi connectivity index (χ0v) is 20.4. The fourth-order valence-corrected chi connectivity index (χ4v) is 3.50. The van der Waals surface area contributed by atoms with Gasteiger partial charge in [0.15, 0.2) is 17.9 Å². The number of ether oxygens (including phenoxy) is 4. The Labute approximate surface area is 220 Å². The maximum Gasteiger partial charge on any atom is 0.439 e. The molecule has 15 heteroatoms. The average Bonchev–Trinajstić information content (AvgIpc) is 2.84. The third-order valence-corrected chi connectivity index (χ3v) is 5.39. The van der Waals surface area contributed by atoms with Crippen molar-refractivity contribution in [3.8, 4) is 11.5 Å². The molecule has 0 N–H and O–H groups in total. The summed E-state index contributed by atoms with van der Waals surface area (Å²) in [6.07, 6.45) is -17.0. The van der Waals surface area contributed by atoms with Crippen molar-refractivity contribution < 1.29 is 67.2 Å². The molecule has 1 aliphatic heterocycles. The van der Waals surface area contributed by atoms with Crippen molar-refractivity contribution in [2.75, 3.05) is 13.2 Å². The third kappa shape index (κ3) is 7.56. The Balaban J connectivity index is 1.73. The predicted octanol–water partition coefficient (Wildman–Crippen LogP) is 8.12. The van der Waals surface area contributed by atoms with Gasteiger partial charge in [-0.3, -0.25) is 0 Å². The van der Waals surface area contributed by atoms with Crippen LogP contribution in [0.25, 0.3) is 0 Å². The molecule has 0 aliphatic carbocycles. The molecule has 3 rings (SSSR count). The number of rotatable bonds is 10. The van der Waals surface area contributed by atoms with E-state index in [4.69, 9.17) is 9.47 Å². The van der Waals surface area contributed by atoms with E-state index < -0.39 is 65.4 Å². The van der Waals surface area contributed by atoms with Gasteiger partial charge in [-0.15, -0.1) is 0 Å². The normalized spacial score (nSPS) is 19.6. The second kappa shape index (κ2) is 12.2. The molecule has 0 aromatic heterocycles. The quantitative estimate of drug-likeness (QED) is 0.206. The van der Waals surface area contributed by atoms with Gasteiger partial charge in [0.2, 0.25) is 0 Å².